The van der Waals surface area contributed by atoms with Crippen LogP contribution in [0.1, 0.15) is 58.3 Å². The molecule has 2 rings (SSSR count). The van der Waals surface area contributed by atoms with E-state index in [4.69, 9.17) is 4.74 Å². The summed E-state index contributed by atoms with van der Waals surface area (Å²) in [6.07, 6.45) is 9.03. The number of carbonyl (C=O) groups is 1. The van der Waals surface area contributed by atoms with Crippen LogP contribution < -0.4 is 0 Å². The molecule has 2 heterocycles. The molecule has 0 aromatic carbocycles. The van der Waals surface area contributed by atoms with Gasteiger partial charge in [-0.1, -0.05) is 6.92 Å². The molecular formula is C14H25NO2. The van der Waals surface area contributed by atoms with Crippen molar-refractivity contribution in [3.63, 3.8) is 0 Å². The van der Waals surface area contributed by atoms with Crippen LogP contribution in [0, 0.1) is 0 Å². The van der Waals surface area contributed by atoms with E-state index in [0.29, 0.717) is 24.5 Å². The van der Waals surface area contributed by atoms with E-state index < -0.39 is 0 Å². The first-order valence-electron chi connectivity index (χ1n) is 7.22. The van der Waals surface area contributed by atoms with Crippen LogP contribution in [0.4, 0.5) is 0 Å². The van der Waals surface area contributed by atoms with E-state index in [2.05, 4.69) is 11.8 Å². The van der Waals surface area contributed by atoms with Gasteiger partial charge < -0.3 is 9.64 Å². The van der Waals surface area contributed by atoms with Gasteiger partial charge in [0.2, 0.25) is 5.91 Å². The average Bonchev–Trinajstić information content (AvgIpc) is 2.89. The highest BCUT2D eigenvalue weighted by molar-refractivity contribution is 5.76. The number of carbonyl (C=O) groups excluding carboxylic acids is 1. The van der Waals surface area contributed by atoms with Crippen molar-refractivity contribution in [2.45, 2.75) is 70.4 Å². The zero-order valence-electron chi connectivity index (χ0n) is 11.0. The number of nitrogens with zero attached hydrogens (tertiary/aromatic N) is 1. The first-order valence-corrected chi connectivity index (χ1v) is 7.22. The molecule has 3 nitrogen and oxygen atoms in total. The predicted octanol–water partition coefficient (Wildman–Crippen LogP) is 2.74. The average molecular weight is 239 g/mol. The van der Waals surface area contributed by atoms with Crippen LogP contribution in [0.25, 0.3) is 0 Å². The summed E-state index contributed by atoms with van der Waals surface area (Å²) in [5.74, 6) is 0.354. The summed E-state index contributed by atoms with van der Waals surface area (Å²) in [7, 11) is 0. The van der Waals surface area contributed by atoms with E-state index in [1.54, 1.807) is 0 Å². The largest absolute Gasteiger partial charge is 0.378 e. The van der Waals surface area contributed by atoms with Gasteiger partial charge in [0.1, 0.15) is 0 Å². The number of rotatable bonds is 4. The molecule has 0 unspecified atom stereocenters. The summed E-state index contributed by atoms with van der Waals surface area (Å²) in [4.78, 5) is 14.3. The highest BCUT2D eigenvalue weighted by atomic mass is 16.5. The van der Waals surface area contributed by atoms with Crippen molar-refractivity contribution in [2.24, 2.45) is 0 Å². The van der Waals surface area contributed by atoms with Crippen molar-refractivity contribution >= 4 is 5.91 Å². The fourth-order valence-corrected chi connectivity index (χ4v) is 3.05. The molecule has 98 valence electrons. The maximum Gasteiger partial charge on any atom is 0.222 e. The minimum absolute atomic E-state index is 0.351. The van der Waals surface area contributed by atoms with Crippen molar-refractivity contribution in [3.05, 3.63) is 0 Å². The fourth-order valence-electron chi connectivity index (χ4n) is 3.05. The topological polar surface area (TPSA) is 29.5 Å². The van der Waals surface area contributed by atoms with Gasteiger partial charge in [-0.25, -0.2) is 0 Å². The molecule has 0 aromatic heterocycles. The minimum atomic E-state index is 0.351. The monoisotopic (exact) mass is 239 g/mol. The van der Waals surface area contributed by atoms with E-state index in [1.807, 2.05) is 0 Å². The molecule has 17 heavy (non-hydrogen) atoms. The van der Waals surface area contributed by atoms with Crippen LogP contribution >= 0.6 is 0 Å². The van der Waals surface area contributed by atoms with E-state index >= 15 is 0 Å². The Morgan fingerprint density at radius 3 is 2.88 bits per heavy atom. The minimum Gasteiger partial charge on any atom is -0.378 e. The second kappa shape index (κ2) is 6.39. The summed E-state index contributed by atoms with van der Waals surface area (Å²) in [6.45, 7) is 4.05. The standard InChI is InChI=1S/C14H25NO2/c1-2-12-6-3-4-10-15(12)14(16)9-8-13-7-5-11-17-13/h12-13H,2-11H2,1H3/t12-,13+/m1/s1. The van der Waals surface area contributed by atoms with Gasteiger partial charge in [-0.05, 0) is 44.9 Å². The summed E-state index contributed by atoms with van der Waals surface area (Å²) >= 11 is 0. The van der Waals surface area contributed by atoms with Gasteiger partial charge >= 0.3 is 0 Å². The van der Waals surface area contributed by atoms with Crippen molar-refractivity contribution in [3.8, 4) is 0 Å². The van der Waals surface area contributed by atoms with E-state index in [0.717, 1.165) is 32.4 Å². The molecule has 0 bridgehead atoms. The molecule has 2 aliphatic rings. The molecule has 1 amide bonds. The predicted molar refractivity (Wildman–Crippen MR) is 67.9 cm³/mol. The molecule has 2 saturated heterocycles. The first kappa shape index (κ1) is 12.9. The second-order valence-corrected chi connectivity index (χ2v) is 5.32. The summed E-state index contributed by atoms with van der Waals surface area (Å²) < 4.78 is 5.57. The maximum atomic E-state index is 12.2. The Hall–Kier alpha value is -0.570. The fraction of sp³-hybridized carbons (Fsp3) is 0.929. The van der Waals surface area contributed by atoms with Crippen LogP contribution in [0.3, 0.4) is 0 Å². The SMILES string of the molecule is CC[C@@H]1CCCCN1C(=O)CC[C@@H]1CCCO1. The number of amides is 1. The van der Waals surface area contributed by atoms with Crippen LogP contribution in [-0.2, 0) is 9.53 Å². The third-order valence-electron chi connectivity index (χ3n) is 4.12. The van der Waals surface area contributed by atoms with E-state index in [-0.39, 0.29) is 0 Å². The molecule has 0 spiro atoms. The zero-order chi connectivity index (χ0) is 12.1. The van der Waals surface area contributed by atoms with Crippen molar-refractivity contribution < 1.29 is 9.53 Å². The number of hydrogen-bond donors (Lipinski definition) is 0. The highest BCUT2D eigenvalue weighted by Crippen LogP contribution is 2.22. The summed E-state index contributed by atoms with van der Waals surface area (Å²) in [5, 5.41) is 0. The summed E-state index contributed by atoms with van der Waals surface area (Å²) in [5.41, 5.74) is 0. The molecule has 0 saturated carbocycles. The molecule has 0 aliphatic carbocycles. The quantitative estimate of drug-likeness (QED) is 0.755. The van der Waals surface area contributed by atoms with Gasteiger partial charge in [0.15, 0.2) is 0 Å². The first-order chi connectivity index (χ1) is 8.31. The lowest BCUT2D eigenvalue weighted by molar-refractivity contribution is -0.135. The molecular weight excluding hydrogens is 214 g/mol. The third-order valence-corrected chi connectivity index (χ3v) is 4.12. The van der Waals surface area contributed by atoms with Crippen molar-refractivity contribution in [1.82, 2.24) is 4.90 Å². The molecule has 3 heteroatoms. The Morgan fingerprint density at radius 2 is 2.18 bits per heavy atom. The number of piperidine rings is 1. The second-order valence-electron chi connectivity index (χ2n) is 5.32. The lowest BCUT2D eigenvalue weighted by atomic mass is 9.99. The van der Waals surface area contributed by atoms with Gasteiger partial charge in [-0.2, -0.15) is 0 Å². The molecule has 2 aliphatic heterocycles. The molecule has 0 radical (unpaired) electrons. The smallest absolute Gasteiger partial charge is 0.222 e. The van der Waals surface area contributed by atoms with E-state index in [9.17, 15) is 4.79 Å². The van der Waals surface area contributed by atoms with Crippen LogP contribution in [0.5, 0.6) is 0 Å². The summed E-state index contributed by atoms with van der Waals surface area (Å²) in [6, 6.07) is 0.501. The number of hydrogen-bond acceptors (Lipinski definition) is 2. The van der Waals surface area contributed by atoms with Crippen molar-refractivity contribution in [1.29, 1.82) is 0 Å². The lowest BCUT2D eigenvalue weighted by Crippen LogP contribution is -2.43. The van der Waals surface area contributed by atoms with Gasteiger partial charge in [0, 0.05) is 25.6 Å². The maximum absolute atomic E-state index is 12.2. The van der Waals surface area contributed by atoms with Crippen molar-refractivity contribution in [2.75, 3.05) is 13.2 Å². The molecule has 2 fully saturated rings. The molecule has 0 N–H and O–H groups in total. The number of ether oxygens (including phenoxy) is 1. The Kier molecular flexibility index (Phi) is 4.84. The van der Waals surface area contributed by atoms with Gasteiger partial charge in [-0.3, -0.25) is 4.79 Å². The normalized spacial score (nSPS) is 29.6. The van der Waals surface area contributed by atoms with Gasteiger partial charge in [0.25, 0.3) is 0 Å². The molecule has 2 atom stereocenters. The van der Waals surface area contributed by atoms with Crippen LogP contribution in [-0.4, -0.2) is 36.1 Å². The third kappa shape index (κ3) is 3.44. The Morgan fingerprint density at radius 1 is 1.29 bits per heavy atom. The zero-order valence-corrected chi connectivity index (χ0v) is 11.0. The molecule has 0 aromatic rings. The van der Waals surface area contributed by atoms with Gasteiger partial charge in [-0.15, -0.1) is 0 Å². The Balaban J connectivity index is 1.76. The van der Waals surface area contributed by atoms with Crippen LogP contribution in [0.15, 0.2) is 0 Å². The highest BCUT2D eigenvalue weighted by Gasteiger charge is 2.26. The van der Waals surface area contributed by atoms with Gasteiger partial charge in [0.05, 0.1) is 6.10 Å². The lowest BCUT2D eigenvalue weighted by Gasteiger charge is -2.35. The number of likely N-dealkylation sites (tertiary alicyclic amines) is 1. The Bertz CT molecular complexity index is 249. The Labute approximate surface area is 105 Å². The van der Waals surface area contributed by atoms with E-state index in [1.165, 1.54) is 25.7 Å². The van der Waals surface area contributed by atoms with Crippen LogP contribution in [0.2, 0.25) is 0 Å².